The molecule has 2 N–H and O–H groups in total. The predicted molar refractivity (Wildman–Crippen MR) is 117 cm³/mol. The van der Waals surface area contributed by atoms with Gasteiger partial charge in [0.1, 0.15) is 12.2 Å². The largest absolute Gasteiger partial charge is 0.496 e. The Hall–Kier alpha value is -3.06. The molecule has 2 rings (SSSR count). The van der Waals surface area contributed by atoms with Crippen LogP contribution in [0, 0.1) is 0 Å². The first-order valence-corrected chi connectivity index (χ1v) is 9.64. The van der Waals surface area contributed by atoms with Crippen molar-refractivity contribution in [2.24, 2.45) is 5.10 Å². The summed E-state index contributed by atoms with van der Waals surface area (Å²) in [6, 6.07) is 12.4. The van der Waals surface area contributed by atoms with Crippen LogP contribution in [0.5, 0.6) is 5.75 Å². The summed E-state index contributed by atoms with van der Waals surface area (Å²) in [6.07, 6.45) is 1.14. The summed E-state index contributed by atoms with van der Waals surface area (Å²) in [5, 5.41) is 7.11. The highest BCUT2D eigenvalue weighted by atomic mass is 35.5. The first-order chi connectivity index (χ1) is 14.0. The topological polar surface area (TPSA) is 83.0 Å². The average Bonchev–Trinajstić information content (AvgIpc) is 2.71. The lowest BCUT2D eigenvalue weighted by Gasteiger charge is -2.21. The summed E-state index contributed by atoms with van der Waals surface area (Å²) in [7, 11) is 1.58. The van der Waals surface area contributed by atoms with E-state index in [0.29, 0.717) is 22.0 Å². The summed E-state index contributed by atoms with van der Waals surface area (Å²) in [6.45, 7) is 5.95. The molecule has 0 bridgehead atoms. The van der Waals surface area contributed by atoms with Crippen LogP contribution < -0.4 is 20.4 Å². The van der Waals surface area contributed by atoms with E-state index in [4.69, 9.17) is 16.3 Å². The summed E-state index contributed by atoms with van der Waals surface area (Å²) in [5.41, 5.74) is 4.68. The number of ether oxygens (including phenoxy) is 1. The zero-order valence-corrected chi connectivity index (χ0v) is 17.5. The monoisotopic (exact) mass is 416 g/mol. The maximum absolute atomic E-state index is 11.9. The number of anilines is 2. The molecule has 0 heterocycles. The summed E-state index contributed by atoms with van der Waals surface area (Å²) in [5.74, 6) is -0.319. The van der Waals surface area contributed by atoms with Crippen molar-refractivity contribution in [2.75, 3.05) is 30.4 Å². The van der Waals surface area contributed by atoms with E-state index in [1.54, 1.807) is 31.4 Å². The molecule has 0 aliphatic carbocycles. The maximum Gasteiger partial charge on any atom is 0.249 e. The van der Waals surface area contributed by atoms with E-state index in [2.05, 4.69) is 34.6 Å². The molecule has 7 nitrogen and oxygen atoms in total. The lowest BCUT2D eigenvalue weighted by molar-refractivity contribution is -0.126. The van der Waals surface area contributed by atoms with Gasteiger partial charge in [0.05, 0.1) is 13.3 Å². The predicted octanol–water partition coefficient (Wildman–Crippen LogP) is 3.67. The molecule has 0 fully saturated rings. The van der Waals surface area contributed by atoms with E-state index < -0.39 is 11.8 Å². The van der Waals surface area contributed by atoms with Crippen LogP contribution in [-0.4, -0.2) is 38.2 Å². The third-order valence-corrected chi connectivity index (χ3v) is 4.44. The number of hydrogen-bond donors (Lipinski definition) is 2. The maximum atomic E-state index is 11.9. The van der Waals surface area contributed by atoms with Gasteiger partial charge in [0.2, 0.25) is 11.8 Å². The molecule has 0 saturated heterocycles. The van der Waals surface area contributed by atoms with Gasteiger partial charge in [-0.2, -0.15) is 5.10 Å². The van der Waals surface area contributed by atoms with E-state index in [9.17, 15) is 9.59 Å². The fraction of sp³-hybridized carbons (Fsp3) is 0.286. The standard InChI is InChI=1S/C21H25ClN4O3/c1-4-26(5-2)18-11-6-15(19(12-18)29-3)14-23-25-21(28)13-20(27)24-17-9-7-16(22)8-10-17/h6-12,14H,4-5,13H2,1-3H3,(H,24,27)(H,25,28). The zero-order valence-electron chi connectivity index (χ0n) is 16.7. The summed E-state index contributed by atoms with van der Waals surface area (Å²) >= 11 is 5.80. The van der Waals surface area contributed by atoms with Crippen molar-refractivity contribution in [3.63, 3.8) is 0 Å². The fourth-order valence-corrected chi connectivity index (χ4v) is 2.82. The molecular formula is C21H25ClN4O3. The van der Waals surface area contributed by atoms with Crippen molar-refractivity contribution in [1.29, 1.82) is 0 Å². The van der Waals surface area contributed by atoms with Crippen LogP contribution in [0.1, 0.15) is 25.8 Å². The molecule has 2 amide bonds. The molecule has 0 spiro atoms. The number of amides is 2. The SMILES string of the molecule is CCN(CC)c1ccc(C=NNC(=O)CC(=O)Nc2ccc(Cl)cc2)c(OC)c1. The Labute approximate surface area is 175 Å². The number of carbonyl (C=O) groups excluding carboxylic acids is 2. The molecule has 0 unspecified atom stereocenters. The van der Waals surface area contributed by atoms with Crippen molar-refractivity contribution in [3.05, 3.63) is 53.1 Å². The summed E-state index contributed by atoms with van der Waals surface area (Å²) < 4.78 is 5.42. The molecule has 2 aromatic rings. The number of benzene rings is 2. The van der Waals surface area contributed by atoms with Gasteiger partial charge in [-0.15, -0.1) is 0 Å². The van der Waals surface area contributed by atoms with Crippen LogP contribution in [-0.2, 0) is 9.59 Å². The normalized spacial score (nSPS) is 10.6. The van der Waals surface area contributed by atoms with Crippen LogP contribution in [0.3, 0.4) is 0 Å². The second-order valence-corrected chi connectivity index (χ2v) is 6.56. The van der Waals surface area contributed by atoms with Crippen molar-refractivity contribution in [1.82, 2.24) is 5.43 Å². The number of hydrazone groups is 1. The fourth-order valence-electron chi connectivity index (χ4n) is 2.69. The number of halogens is 1. The Morgan fingerprint density at radius 1 is 1.10 bits per heavy atom. The lowest BCUT2D eigenvalue weighted by atomic mass is 10.2. The van der Waals surface area contributed by atoms with E-state index in [1.165, 1.54) is 6.21 Å². The molecule has 2 aromatic carbocycles. The molecule has 0 aliphatic heterocycles. The van der Waals surface area contributed by atoms with Gasteiger partial charge in [-0.05, 0) is 50.2 Å². The smallest absolute Gasteiger partial charge is 0.249 e. The van der Waals surface area contributed by atoms with Crippen molar-refractivity contribution >= 4 is 41.0 Å². The Morgan fingerprint density at radius 2 is 1.79 bits per heavy atom. The molecule has 0 aromatic heterocycles. The van der Waals surface area contributed by atoms with Crippen LogP contribution in [0.4, 0.5) is 11.4 Å². The first kappa shape index (κ1) is 22.2. The molecule has 0 atom stereocenters. The quantitative estimate of drug-likeness (QED) is 0.371. The van der Waals surface area contributed by atoms with Crippen LogP contribution in [0.25, 0.3) is 0 Å². The van der Waals surface area contributed by atoms with Gasteiger partial charge in [0.15, 0.2) is 0 Å². The molecule has 0 radical (unpaired) electrons. The zero-order chi connectivity index (χ0) is 21.2. The molecule has 8 heteroatoms. The number of nitrogens with zero attached hydrogens (tertiary/aromatic N) is 2. The minimum absolute atomic E-state index is 0.349. The van der Waals surface area contributed by atoms with Crippen LogP contribution in [0.15, 0.2) is 47.6 Å². The highest BCUT2D eigenvalue weighted by Crippen LogP contribution is 2.24. The summed E-state index contributed by atoms with van der Waals surface area (Å²) in [4.78, 5) is 26.0. The number of carbonyl (C=O) groups is 2. The van der Waals surface area contributed by atoms with Gasteiger partial charge < -0.3 is 15.0 Å². The number of rotatable bonds is 9. The van der Waals surface area contributed by atoms with Crippen molar-refractivity contribution in [3.8, 4) is 5.75 Å². The molecule has 0 aliphatic rings. The van der Waals surface area contributed by atoms with Gasteiger partial charge in [-0.3, -0.25) is 9.59 Å². The minimum atomic E-state index is -0.522. The third-order valence-electron chi connectivity index (χ3n) is 4.19. The second-order valence-electron chi connectivity index (χ2n) is 6.12. The van der Waals surface area contributed by atoms with Gasteiger partial charge in [0, 0.05) is 41.1 Å². The number of hydrogen-bond acceptors (Lipinski definition) is 5. The molecular weight excluding hydrogens is 392 g/mol. The molecule has 154 valence electrons. The van der Waals surface area contributed by atoms with E-state index in [1.807, 2.05) is 18.2 Å². The third kappa shape index (κ3) is 6.80. The highest BCUT2D eigenvalue weighted by Gasteiger charge is 2.10. The average molecular weight is 417 g/mol. The van der Waals surface area contributed by atoms with Gasteiger partial charge in [-0.25, -0.2) is 5.43 Å². The van der Waals surface area contributed by atoms with Gasteiger partial charge >= 0.3 is 0 Å². The van der Waals surface area contributed by atoms with Crippen molar-refractivity contribution in [2.45, 2.75) is 20.3 Å². The lowest BCUT2D eigenvalue weighted by Crippen LogP contribution is -2.24. The van der Waals surface area contributed by atoms with Crippen molar-refractivity contribution < 1.29 is 14.3 Å². The van der Waals surface area contributed by atoms with Crippen LogP contribution in [0.2, 0.25) is 5.02 Å². The Kier molecular flexibility index (Phi) is 8.48. The Morgan fingerprint density at radius 3 is 2.41 bits per heavy atom. The Bertz CT molecular complexity index is 865. The molecule has 29 heavy (non-hydrogen) atoms. The second kappa shape index (κ2) is 11.1. The highest BCUT2D eigenvalue weighted by molar-refractivity contribution is 6.30. The van der Waals surface area contributed by atoms with Gasteiger partial charge in [-0.1, -0.05) is 11.6 Å². The minimum Gasteiger partial charge on any atom is -0.496 e. The number of methoxy groups -OCH3 is 1. The molecule has 0 saturated carbocycles. The van der Waals surface area contributed by atoms with E-state index in [0.717, 1.165) is 18.8 Å². The Balaban J connectivity index is 1.92. The van der Waals surface area contributed by atoms with E-state index >= 15 is 0 Å². The number of nitrogens with one attached hydrogen (secondary N) is 2. The van der Waals surface area contributed by atoms with Crippen LogP contribution >= 0.6 is 11.6 Å². The van der Waals surface area contributed by atoms with E-state index in [-0.39, 0.29) is 6.42 Å². The van der Waals surface area contributed by atoms with Gasteiger partial charge in [0.25, 0.3) is 0 Å². The first-order valence-electron chi connectivity index (χ1n) is 9.27.